The van der Waals surface area contributed by atoms with Crippen molar-refractivity contribution in [3.63, 3.8) is 0 Å². The fourth-order valence-corrected chi connectivity index (χ4v) is 0.708. The first kappa shape index (κ1) is 11.2. The van der Waals surface area contributed by atoms with Crippen molar-refractivity contribution in [2.24, 2.45) is 0 Å². The molecule has 0 aliphatic heterocycles. The van der Waals surface area contributed by atoms with E-state index in [4.69, 9.17) is 9.47 Å². The van der Waals surface area contributed by atoms with Crippen LogP contribution in [0.15, 0.2) is 0 Å². The maximum absolute atomic E-state index is 10.9. The topological polar surface area (TPSA) is 35.5 Å². The normalized spacial score (nSPS) is 12.6. The van der Waals surface area contributed by atoms with Crippen molar-refractivity contribution >= 4 is 28.5 Å². The first-order valence-corrected chi connectivity index (χ1v) is 5.28. The third kappa shape index (κ3) is 6.62. The molecule has 63 valence electrons. The summed E-state index contributed by atoms with van der Waals surface area (Å²) in [7, 11) is 0. The summed E-state index contributed by atoms with van der Waals surface area (Å²) in [5.74, 6) is -0.122. The van der Waals surface area contributed by atoms with Crippen LogP contribution in [-0.2, 0) is 14.3 Å². The SMILES string of the molecule is CCOCCOC(=O)[CH](C)[Sn]. The molecule has 0 N–H and O–H groups in total. The molecule has 0 aromatic heterocycles. The Kier molecular flexibility index (Phi) is 7.05. The van der Waals surface area contributed by atoms with Gasteiger partial charge in [0.2, 0.25) is 0 Å². The predicted molar refractivity (Wildman–Crippen MR) is 42.6 cm³/mol. The minimum atomic E-state index is -0.122. The van der Waals surface area contributed by atoms with Gasteiger partial charge in [0, 0.05) is 0 Å². The molecule has 4 heteroatoms. The Balaban J connectivity index is 3.18. The van der Waals surface area contributed by atoms with Crippen LogP contribution in [0.5, 0.6) is 0 Å². The van der Waals surface area contributed by atoms with E-state index in [0.29, 0.717) is 19.8 Å². The van der Waals surface area contributed by atoms with E-state index in [9.17, 15) is 4.79 Å². The predicted octanol–water partition coefficient (Wildman–Crippen LogP) is 0.543. The summed E-state index contributed by atoms with van der Waals surface area (Å²) < 4.78 is 9.90. The monoisotopic (exact) mass is 265 g/mol. The summed E-state index contributed by atoms with van der Waals surface area (Å²) >= 11 is 1.19. The number of rotatable bonds is 5. The van der Waals surface area contributed by atoms with Crippen LogP contribution >= 0.6 is 0 Å². The van der Waals surface area contributed by atoms with E-state index in [-0.39, 0.29) is 9.90 Å². The molecule has 0 fully saturated rings. The van der Waals surface area contributed by atoms with Crippen LogP contribution in [0.1, 0.15) is 13.8 Å². The fourth-order valence-electron chi connectivity index (χ4n) is 0.471. The van der Waals surface area contributed by atoms with Crippen LogP contribution in [0.3, 0.4) is 0 Å². The third-order valence-corrected chi connectivity index (χ3v) is 1.70. The Bertz CT molecular complexity index is 114. The standard InChI is InChI=1S/C7H13O3.Sn/c1-3-7(8)10-6-5-9-4-2;/h3H,4-6H2,1-2H3;. The van der Waals surface area contributed by atoms with Gasteiger partial charge in [0.15, 0.2) is 0 Å². The summed E-state index contributed by atoms with van der Waals surface area (Å²) in [5, 5.41) is 0. The Labute approximate surface area is 80.5 Å². The molecule has 0 rings (SSSR count). The molecule has 0 aromatic carbocycles. The van der Waals surface area contributed by atoms with Gasteiger partial charge in [-0.15, -0.1) is 0 Å². The number of ether oxygens (including phenoxy) is 2. The molecule has 0 aliphatic carbocycles. The Morgan fingerprint density at radius 3 is 2.64 bits per heavy atom. The average molecular weight is 264 g/mol. The Hall–Kier alpha value is 0.229. The van der Waals surface area contributed by atoms with Gasteiger partial charge in [-0.25, -0.2) is 0 Å². The van der Waals surface area contributed by atoms with Crippen LogP contribution < -0.4 is 0 Å². The van der Waals surface area contributed by atoms with Gasteiger partial charge in [-0.1, -0.05) is 0 Å². The van der Waals surface area contributed by atoms with Gasteiger partial charge in [0.05, 0.1) is 0 Å². The molecular weight excluding hydrogens is 251 g/mol. The summed E-state index contributed by atoms with van der Waals surface area (Å²) in [6.07, 6.45) is 0. The second-order valence-electron chi connectivity index (χ2n) is 2.09. The van der Waals surface area contributed by atoms with Gasteiger partial charge in [-0.3, -0.25) is 0 Å². The average Bonchev–Trinajstić information content (AvgIpc) is 1.97. The van der Waals surface area contributed by atoms with E-state index in [0.717, 1.165) is 0 Å². The third-order valence-electron chi connectivity index (χ3n) is 1.03. The molecule has 0 aromatic rings. The van der Waals surface area contributed by atoms with Crippen molar-refractivity contribution < 1.29 is 14.3 Å². The number of carbonyl (C=O) groups excluding carboxylic acids is 1. The molecule has 0 spiro atoms. The molecule has 1 atom stereocenters. The quantitative estimate of drug-likeness (QED) is 0.413. The van der Waals surface area contributed by atoms with Gasteiger partial charge in [-0.05, 0) is 0 Å². The molecule has 0 saturated heterocycles. The minimum absolute atomic E-state index is 0.0452. The molecular formula is C7H13O3Sn. The van der Waals surface area contributed by atoms with Crippen molar-refractivity contribution in [2.75, 3.05) is 19.8 Å². The molecule has 0 aliphatic rings. The van der Waals surface area contributed by atoms with Crippen LogP contribution in [0.25, 0.3) is 0 Å². The van der Waals surface area contributed by atoms with E-state index in [1.165, 1.54) is 22.5 Å². The Morgan fingerprint density at radius 2 is 2.18 bits per heavy atom. The first-order valence-electron chi connectivity index (χ1n) is 3.64. The van der Waals surface area contributed by atoms with Crippen molar-refractivity contribution in [1.29, 1.82) is 0 Å². The molecule has 11 heavy (non-hydrogen) atoms. The van der Waals surface area contributed by atoms with Crippen molar-refractivity contribution in [1.82, 2.24) is 0 Å². The zero-order valence-corrected chi connectivity index (χ0v) is 9.78. The summed E-state index contributed by atoms with van der Waals surface area (Å²) in [5.41, 5.74) is 0. The van der Waals surface area contributed by atoms with Crippen LogP contribution in [0.2, 0.25) is 3.93 Å². The second-order valence-corrected chi connectivity index (χ2v) is 4.56. The molecule has 0 bridgehead atoms. The maximum atomic E-state index is 10.9. The van der Waals surface area contributed by atoms with Crippen LogP contribution in [0.4, 0.5) is 0 Å². The second kappa shape index (κ2) is 6.91. The molecule has 3 radical (unpaired) electrons. The van der Waals surface area contributed by atoms with Crippen LogP contribution in [-0.4, -0.2) is 48.3 Å². The first-order chi connectivity index (χ1) is 5.18. The van der Waals surface area contributed by atoms with Crippen molar-refractivity contribution in [3.8, 4) is 0 Å². The van der Waals surface area contributed by atoms with E-state index in [1.54, 1.807) is 0 Å². The van der Waals surface area contributed by atoms with Crippen LogP contribution in [0, 0.1) is 0 Å². The van der Waals surface area contributed by atoms with Gasteiger partial charge in [-0.2, -0.15) is 0 Å². The fraction of sp³-hybridized carbons (Fsp3) is 0.857. The van der Waals surface area contributed by atoms with Gasteiger partial charge < -0.3 is 0 Å². The number of hydrogen-bond donors (Lipinski definition) is 0. The van der Waals surface area contributed by atoms with E-state index in [2.05, 4.69) is 0 Å². The van der Waals surface area contributed by atoms with E-state index < -0.39 is 0 Å². The number of carbonyl (C=O) groups is 1. The van der Waals surface area contributed by atoms with Gasteiger partial charge in [0.1, 0.15) is 0 Å². The zero-order chi connectivity index (χ0) is 8.69. The molecule has 0 heterocycles. The molecule has 1 unspecified atom stereocenters. The molecule has 0 saturated carbocycles. The van der Waals surface area contributed by atoms with Crippen molar-refractivity contribution in [2.45, 2.75) is 17.8 Å². The zero-order valence-electron chi connectivity index (χ0n) is 6.92. The van der Waals surface area contributed by atoms with E-state index in [1.807, 2.05) is 13.8 Å². The van der Waals surface area contributed by atoms with Gasteiger partial charge >= 0.3 is 80.4 Å². The number of esters is 1. The van der Waals surface area contributed by atoms with Gasteiger partial charge in [0.25, 0.3) is 0 Å². The molecule has 0 amide bonds. The summed E-state index contributed by atoms with van der Waals surface area (Å²) in [6.45, 7) is 5.32. The van der Waals surface area contributed by atoms with Crippen molar-refractivity contribution in [3.05, 3.63) is 0 Å². The Morgan fingerprint density at radius 1 is 1.55 bits per heavy atom. The molecule has 3 nitrogen and oxygen atoms in total. The summed E-state index contributed by atoms with van der Waals surface area (Å²) in [4.78, 5) is 10.9. The van der Waals surface area contributed by atoms with E-state index >= 15 is 0 Å². The number of hydrogen-bond acceptors (Lipinski definition) is 3. The summed E-state index contributed by atoms with van der Waals surface area (Å²) in [6, 6.07) is 0.